The Morgan fingerprint density at radius 1 is 0.500 bits per heavy atom. The van der Waals surface area contributed by atoms with E-state index in [0.717, 1.165) is 0 Å². The number of carboxylic acids is 1. The number of esters is 1. The SMILES string of the molecule is COC(=O)COCCOCCOCCOCCOCCOCCOCCOCCNC(=O)COCC(=O)O. The summed E-state index contributed by atoms with van der Waals surface area (Å²) in [5.41, 5.74) is 0. The number of amides is 1. The van der Waals surface area contributed by atoms with Crippen molar-refractivity contribution in [3.63, 3.8) is 0 Å². The summed E-state index contributed by atoms with van der Waals surface area (Å²) in [7, 11) is 1.30. The number of carbonyl (C=O) groups is 3. The number of rotatable bonds is 30. The van der Waals surface area contributed by atoms with Gasteiger partial charge in [0.05, 0.1) is 106 Å². The zero-order valence-corrected chi connectivity index (χ0v) is 22.2. The first-order valence-corrected chi connectivity index (χ1v) is 12.3. The van der Waals surface area contributed by atoms with Crippen molar-refractivity contribution in [1.29, 1.82) is 0 Å². The molecule has 224 valence electrons. The van der Waals surface area contributed by atoms with Crippen molar-refractivity contribution in [3.8, 4) is 0 Å². The second-order valence-corrected chi connectivity index (χ2v) is 7.15. The summed E-state index contributed by atoms with van der Waals surface area (Å²) in [6.07, 6.45) is 0. The van der Waals surface area contributed by atoms with E-state index >= 15 is 0 Å². The minimum Gasteiger partial charge on any atom is -0.480 e. The minimum atomic E-state index is -1.13. The molecule has 0 aliphatic carbocycles. The highest BCUT2D eigenvalue weighted by Crippen LogP contribution is 1.86. The van der Waals surface area contributed by atoms with E-state index in [1.807, 2.05) is 0 Å². The molecule has 0 spiro atoms. The zero-order valence-electron chi connectivity index (χ0n) is 22.2. The van der Waals surface area contributed by atoms with Gasteiger partial charge in [0.2, 0.25) is 5.91 Å². The molecule has 0 saturated heterocycles. The van der Waals surface area contributed by atoms with E-state index in [4.69, 9.17) is 43.0 Å². The Balaban J connectivity index is 3.11. The van der Waals surface area contributed by atoms with E-state index in [9.17, 15) is 14.4 Å². The number of hydrogen-bond acceptors (Lipinski definition) is 13. The summed E-state index contributed by atoms with van der Waals surface area (Å²) in [5, 5.41) is 10.9. The van der Waals surface area contributed by atoms with Crippen molar-refractivity contribution in [3.05, 3.63) is 0 Å². The van der Waals surface area contributed by atoms with Crippen LogP contribution >= 0.6 is 0 Å². The quantitative estimate of drug-likeness (QED) is 0.0771. The van der Waals surface area contributed by atoms with E-state index in [-0.39, 0.29) is 13.2 Å². The summed E-state index contributed by atoms with van der Waals surface area (Å²) in [6, 6.07) is 0. The molecular formula is C23H43NO14. The third-order valence-corrected chi connectivity index (χ3v) is 4.08. The first kappa shape index (κ1) is 36.0. The Morgan fingerprint density at radius 2 is 0.868 bits per heavy atom. The van der Waals surface area contributed by atoms with Crippen molar-refractivity contribution >= 4 is 17.8 Å². The molecule has 15 nitrogen and oxygen atoms in total. The van der Waals surface area contributed by atoms with Crippen LogP contribution in [0.25, 0.3) is 0 Å². The van der Waals surface area contributed by atoms with Crippen LogP contribution in [0.2, 0.25) is 0 Å². The van der Waals surface area contributed by atoms with Crippen LogP contribution in [0.1, 0.15) is 0 Å². The molecule has 0 rings (SSSR count). The number of methoxy groups -OCH3 is 1. The fourth-order valence-electron chi connectivity index (χ4n) is 2.30. The largest absolute Gasteiger partial charge is 0.480 e. The first-order chi connectivity index (χ1) is 18.6. The number of aliphatic carboxylic acids is 1. The second kappa shape index (κ2) is 29.6. The fourth-order valence-corrected chi connectivity index (χ4v) is 2.30. The van der Waals surface area contributed by atoms with Crippen molar-refractivity contribution in [1.82, 2.24) is 5.32 Å². The predicted molar refractivity (Wildman–Crippen MR) is 130 cm³/mol. The van der Waals surface area contributed by atoms with Gasteiger partial charge < -0.3 is 57.8 Å². The second-order valence-electron chi connectivity index (χ2n) is 7.15. The number of carboxylic acid groups (broad SMARTS) is 1. The molecule has 0 unspecified atom stereocenters. The van der Waals surface area contributed by atoms with Crippen molar-refractivity contribution in [2.45, 2.75) is 0 Å². The summed E-state index contributed by atoms with van der Waals surface area (Å²) in [6.45, 7) is 5.67. The lowest BCUT2D eigenvalue weighted by Gasteiger charge is -2.09. The number of hydrogen-bond donors (Lipinski definition) is 2. The Hall–Kier alpha value is -1.95. The van der Waals surface area contributed by atoms with Gasteiger partial charge in [-0.05, 0) is 0 Å². The van der Waals surface area contributed by atoms with Gasteiger partial charge in [0.15, 0.2) is 0 Å². The zero-order chi connectivity index (χ0) is 27.9. The van der Waals surface area contributed by atoms with Gasteiger partial charge in [0, 0.05) is 6.54 Å². The molecular weight excluding hydrogens is 514 g/mol. The molecule has 2 N–H and O–H groups in total. The lowest BCUT2D eigenvalue weighted by molar-refractivity contribution is -0.146. The van der Waals surface area contributed by atoms with Crippen molar-refractivity contribution in [2.75, 3.05) is 133 Å². The molecule has 38 heavy (non-hydrogen) atoms. The number of nitrogens with one attached hydrogen (secondary N) is 1. The minimum absolute atomic E-state index is 0.0810. The van der Waals surface area contributed by atoms with Gasteiger partial charge in [-0.15, -0.1) is 0 Å². The summed E-state index contributed by atoms with van der Waals surface area (Å²) in [4.78, 5) is 32.4. The van der Waals surface area contributed by atoms with E-state index in [0.29, 0.717) is 106 Å². The van der Waals surface area contributed by atoms with Gasteiger partial charge in [0.1, 0.15) is 19.8 Å². The maximum atomic E-state index is 11.3. The molecule has 0 fully saturated rings. The normalized spacial score (nSPS) is 11.0. The van der Waals surface area contributed by atoms with Crippen LogP contribution in [0.4, 0.5) is 0 Å². The van der Waals surface area contributed by atoms with Crippen molar-refractivity contribution in [2.24, 2.45) is 0 Å². The molecule has 1 amide bonds. The molecule has 0 atom stereocenters. The molecule has 0 aromatic heterocycles. The van der Waals surface area contributed by atoms with E-state index < -0.39 is 24.5 Å². The van der Waals surface area contributed by atoms with Crippen LogP contribution in [-0.2, 0) is 61.8 Å². The molecule has 0 aromatic rings. The first-order valence-electron chi connectivity index (χ1n) is 12.3. The third kappa shape index (κ3) is 30.3. The van der Waals surface area contributed by atoms with Crippen LogP contribution in [-0.4, -0.2) is 156 Å². The smallest absolute Gasteiger partial charge is 0.331 e. The topological polar surface area (TPSA) is 176 Å². The number of ether oxygens (including phenoxy) is 10. The Morgan fingerprint density at radius 3 is 1.24 bits per heavy atom. The molecule has 0 aliphatic rings. The van der Waals surface area contributed by atoms with Crippen LogP contribution in [0, 0.1) is 0 Å². The molecule has 0 aliphatic heterocycles. The third-order valence-electron chi connectivity index (χ3n) is 4.08. The van der Waals surface area contributed by atoms with Crippen LogP contribution in [0.5, 0.6) is 0 Å². The molecule has 0 heterocycles. The van der Waals surface area contributed by atoms with E-state index in [1.165, 1.54) is 7.11 Å². The standard InChI is InChI=1S/C23H43NO14/c1-29-23(28)20-37-17-16-36-15-14-35-13-12-34-11-10-33-9-8-32-7-6-31-5-4-30-3-2-24-21(25)18-38-19-22(26)27/h2-20H2,1H3,(H,24,25)(H,26,27). The highest BCUT2D eigenvalue weighted by molar-refractivity contribution is 5.77. The Labute approximate surface area is 223 Å². The highest BCUT2D eigenvalue weighted by Gasteiger charge is 2.03. The molecule has 15 heteroatoms. The predicted octanol–water partition coefficient (Wildman–Crippen LogP) is -1.49. The van der Waals surface area contributed by atoms with E-state index in [1.54, 1.807) is 0 Å². The maximum absolute atomic E-state index is 11.3. The van der Waals surface area contributed by atoms with Gasteiger partial charge in [-0.1, -0.05) is 0 Å². The Kier molecular flexibility index (Phi) is 28.1. The summed E-state index contributed by atoms with van der Waals surface area (Å²) >= 11 is 0. The summed E-state index contributed by atoms with van der Waals surface area (Å²) in [5.74, 6) is -1.95. The average Bonchev–Trinajstić information content (AvgIpc) is 2.90. The molecule has 0 bridgehead atoms. The highest BCUT2D eigenvalue weighted by atomic mass is 16.6. The van der Waals surface area contributed by atoms with Gasteiger partial charge in [-0.3, -0.25) is 4.79 Å². The van der Waals surface area contributed by atoms with Gasteiger partial charge in [0.25, 0.3) is 0 Å². The van der Waals surface area contributed by atoms with Gasteiger partial charge in [-0.2, -0.15) is 0 Å². The summed E-state index contributed by atoms with van der Waals surface area (Å²) < 4.78 is 51.6. The van der Waals surface area contributed by atoms with Crippen LogP contribution < -0.4 is 5.32 Å². The Bertz CT molecular complexity index is 566. The van der Waals surface area contributed by atoms with Gasteiger partial charge >= 0.3 is 11.9 Å². The van der Waals surface area contributed by atoms with E-state index in [2.05, 4.69) is 14.8 Å². The van der Waals surface area contributed by atoms with Gasteiger partial charge in [-0.25, -0.2) is 9.59 Å². The maximum Gasteiger partial charge on any atom is 0.331 e. The number of carbonyl (C=O) groups excluding carboxylic acids is 2. The lowest BCUT2D eigenvalue weighted by atomic mass is 10.6. The molecule has 0 saturated carbocycles. The van der Waals surface area contributed by atoms with Crippen LogP contribution in [0.15, 0.2) is 0 Å². The van der Waals surface area contributed by atoms with Crippen LogP contribution in [0.3, 0.4) is 0 Å². The average molecular weight is 558 g/mol. The molecule has 0 radical (unpaired) electrons. The lowest BCUT2D eigenvalue weighted by Crippen LogP contribution is -2.31. The molecule has 0 aromatic carbocycles. The monoisotopic (exact) mass is 557 g/mol. The van der Waals surface area contributed by atoms with Crippen molar-refractivity contribution < 1.29 is 66.9 Å². The fraction of sp³-hybridized carbons (Fsp3) is 0.870.